The topological polar surface area (TPSA) is 70.2 Å². The number of para-hydroxylation sites is 1. The van der Waals surface area contributed by atoms with Gasteiger partial charge in [0.25, 0.3) is 0 Å². The number of amides is 2. The smallest absolute Gasteiger partial charge is 0.244 e. The van der Waals surface area contributed by atoms with Gasteiger partial charge in [0.1, 0.15) is 6.04 Å². The lowest BCUT2D eigenvalue weighted by molar-refractivity contribution is -0.126. The SMILES string of the molecule is CC(NC(=O)/C=C/c1ccccc1)C(=O)NCC(Nc1ccccc1)C(C)C. The van der Waals surface area contributed by atoms with Crippen LogP contribution in [0.5, 0.6) is 0 Å². The number of nitrogens with one attached hydrogen (secondary N) is 3. The maximum atomic E-state index is 12.4. The van der Waals surface area contributed by atoms with Crippen molar-refractivity contribution in [3.05, 3.63) is 72.3 Å². The molecule has 0 aliphatic carbocycles. The number of hydrogen-bond donors (Lipinski definition) is 3. The molecule has 148 valence electrons. The zero-order valence-corrected chi connectivity index (χ0v) is 16.7. The molecular weight excluding hydrogens is 350 g/mol. The maximum absolute atomic E-state index is 12.4. The average Bonchev–Trinajstić information content (AvgIpc) is 2.70. The van der Waals surface area contributed by atoms with E-state index in [2.05, 4.69) is 29.8 Å². The van der Waals surface area contributed by atoms with Gasteiger partial charge in [0.2, 0.25) is 11.8 Å². The molecule has 2 atom stereocenters. The van der Waals surface area contributed by atoms with Gasteiger partial charge < -0.3 is 16.0 Å². The molecule has 0 heterocycles. The van der Waals surface area contributed by atoms with Gasteiger partial charge in [0.05, 0.1) is 0 Å². The van der Waals surface area contributed by atoms with E-state index in [9.17, 15) is 9.59 Å². The fraction of sp³-hybridized carbons (Fsp3) is 0.304. The number of carbonyl (C=O) groups is 2. The van der Waals surface area contributed by atoms with E-state index in [1.165, 1.54) is 6.08 Å². The minimum absolute atomic E-state index is 0.0900. The Hall–Kier alpha value is -3.08. The Bertz CT molecular complexity index is 773. The molecule has 0 saturated heterocycles. The third kappa shape index (κ3) is 7.27. The molecule has 0 bridgehead atoms. The number of hydrogen-bond acceptors (Lipinski definition) is 3. The van der Waals surface area contributed by atoms with Crippen LogP contribution < -0.4 is 16.0 Å². The Labute approximate surface area is 167 Å². The van der Waals surface area contributed by atoms with E-state index in [1.807, 2.05) is 60.7 Å². The molecule has 2 rings (SSSR count). The van der Waals surface area contributed by atoms with Crippen LogP contribution in [0.4, 0.5) is 5.69 Å². The van der Waals surface area contributed by atoms with E-state index >= 15 is 0 Å². The second kappa shape index (κ2) is 10.9. The molecule has 28 heavy (non-hydrogen) atoms. The van der Waals surface area contributed by atoms with Crippen molar-refractivity contribution in [2.24, 2.45) is 5.92 Å². The lowest BCUT2D eigenvalue weighted by Gasteiger charge is -2.25. The molecular formula is C23H29N3O2. The van der Waals surface area contributed by atoms with Crippen LogP contribution in [-0.4, -0.2) is 30.4 Å². The van der Waals surface area contributed by atoms with Gasteiger partial charge in [0.15, 0.2) is 0 Å². The zero-order chi connectivity index (χ0) is 20.4. The van der Waals surface area contributed by atoms with Crippen molar-refractivity contribution in [3.63, 3.8) is 0 Å². The molecule has 0 aliphatic rings. The summed E-state index contributed by atoms with van der Waals surface area (Å²) in [5.41, 5.74) is 1.95. The van der Waals surface area contributed by atoms with Crippen molar-refractivity contribution in [2.45, 2.75) is 32.9 Å². The molecule has 2 aromatic carbocycles. The summed E-state index contributed by atoms with van der Waals surface area (Å²) in [6.45, 7) is 6.36. The van der Waals surface area contributed by atoms with Crippen LogP contribution in [0, 0.1) is 5.92 Å². The number of rotatable bonds is 9. The van der Waals surface area contributed by atoms with Crippen LogP contribution in [0.25, 0.3) is 6.08 Å². The highest BCUT2D eigenvalue weighted by atomic mass is 16.2. The molecule has 5 nitrogen and oxygen atoms in total. The fourth-order valence-electron chi connectivity index (χ4n) is 2.63. The molecule has 0 aromatic heterocycles. The first-order chi connectivity index (χ1) is 13.5. The predicted octanol–water partition coefficient (Wildman–Crippen LogP) is 3.46. The van der Waals surface area contributed by atoms with Crippen LogP contribution >= 0.6 is 0 Å². The van der Waals surface area contributed by atoms with Crippen molar-refractivity contribution in [1.29, 1.82) is 0 Å². The lowest BCUT2D eigenvalue weighted by atomic mass is 10.0. The maximum Gasteiger partial charge on any atom is 0.244 e. The summed E-state index contributed by atoms with van der Waals surface area (Å²) >= 11 is 0. The van der Waals surface area contributed by atoms with E-state index in [0.29, 0.717) is 12.5 Å². The Morgan fingerprint density at radius 3 is 2.14 bits per heavy atom. The summed E-state index contributed by atoms with van der Waals surface area (Å²) in [6.07, 6.45) is 3.16. The van der Waals surface area contributed by atoms with Gasteiger partial charge in [-0.15, -0.1) is 0 Å². The third-order valence-electron chi connectivity index (χ3n) is 4.41. The number of carbonyl (C=O) groups excluding carboxylic acids is 2. The fourth-order valence-corrected chi connectivity index (χ4v) is 2.63. The standard InChI is InChI=1S/C23H29N3O2/c1-17(2)21(26-20-12-8-5-9-13-20)16-24-23(28)18(3)25-22(27)15-14-19-10-6-4-7-11-19/h4-15,17-18,21,26H,16H2,1-3H3,(H,24,28)(H,25,27)/b15-14+. The Morgan fingerprint density at radius 1 is 0.929 bits per heavy atom. The van der Waals surface area contributed by atoms with Crippen LogP contribution in [0.15, 0.2) is 66.7 Å². The van der Waals surface area contributed by atoms with Gasteiger partial charge in [-0.05, 0) is 36.6 Å². The molecule has 2 unspecified atom stereocenters. The summed E-state index contributed by atoms with van der Waals surface area (Å²) in [5.74, 6) is -0.171. The van der Waals surface area contributed by atoms with Crippen LogP contribution in [0.1, 0.15) is 26.3 Å². The molecule has 0 saturated carbocycles. The molecule has 0 fully saturated rings. The largest absolute Gasteiger partial charge is 0.380 e. The van der Waals surface area contributed by atoms with Crippen molar-refractivity contribution >= 4 is 23.6 Å². The highest BCUT2D eigenvalue weighted by Crippen LogP contribution is 2.11. The molecule has 2 aromatic rings. The summed E-state index contributed by atoms with van der Waals surface area (Å²) < 4.78 is 0. The average molecular weight is 380 g/mol. The van der Waals surface area contributed by atoms with E-state index in [0.717, 1.165) is 11.3 Å². The van der Waals surface area contributed by atoms with Crippen molar-refractivity contribution < 1.29 is 9.59 Å². The molecule has 0 radical (unpaired) electrons. The first kappa shape index (κ1) is 21.2. The van der Waals surface area contributed by atoms with Crippen molar-refractivity contribution in [2.75, 3.05) is 11.9 Å². The summed E-state index contributed by atoms with van der Waals surface area (Å²) in [7, 11) is 0. The van der Waals surface area contributed by atoms with Gasteiger partial charge in [0, 0.05) is 24.4 Å². The molecule has 0 aliphatic heterocycles. The first-order valence-corrected chi connectivity index (χ1v) is 9.58. The second-order valence-electron chi connectivity index (χ2n) is 7.08. The van der Waals surface area contributed by atoms with E-state index < -0.39 is 6.04 Å². The quantitative estimate of drug-likeness (QED) is 0.585. The van der Waals surface area contributed by atoms with Crippen molar-refractivity contribution in [1.82, 2.24) is 10.6 Å². The molecule has 3 N–H and O–H groups in total. The zero-order valence-electron chi connectivity index (χ0n) is 16.7. The van der Waals surface area contributed by atoms with E-state index in [-0.39, 0.29) is 17.9 Å². The third-order valence-corrected chi connectivity index (χ3v) is 4.41. The van der Waals surface area contributed by atoms with Gasteiger partial charge in [-0.25, -0.2) is 0 Å². The summed E-state index contributed by atoms with van der Waals surface area (Å²) in [6, 6.07) is 18.9. The Balaban J connectivity index is 1.81. The molecule has 0 spiro atoms. The Morgan fingerprint density at radius 2 is 1.54 bits per heavy atom. The highest BCUT2D eigenvalue weighted by molar-refractivity contribution is 5.95. The highest BCUT2D eigenvalue weighted by Gasteiger charge is 2.18. The normalized spacial score (nSPS) is 13.1. The predicted molar refractivity (Wildman–Crippen MR) is 115 cm³/mol. The van der Waals surface area contributed by atoms with Gasteiger partial charge in [-0.3, -0.25) is 9.59 Å². The van der Waals surface area contributed by atoms with Crippen LogP contribution in [-0.2, 0) is 9.59 Å². The van der Waals surface area contributed by atoms with Crippen LogP contribution in [0.2, 0.25) is 0 Å². The summed E-state index contributed by atoms with van der Waals surface area (Å²) in [4.78, 5) is 24.4. The molecule has 5 heteroatoms. The molecule has 2 amide bonds. The van der Waals surface area contributed by atoms with Gasteiger partial charge in [-0.1, -0.05) is 62.4 Å². The Kier molecular flexibility index (Phi) is 8.28. The monoisotopic (exact) mass is 379 g/mol. The van der Waals surface area contributed by atoms with Crippen molar-refractivity contribution in [3.8, 4) is 0 Å². The van der Waals surface area contributed by atoms with E-state index in [1.54, 1.807) is 13.0 Å². The minimum Gasteiger partial charge on any atom is -0.380 e. The minimum atomic E-state index is -0.613. The number of benzene rings is 2. The van der Waals surface area contributed by atoms with Gasteiger partial charge >= 0.3 is 0 Å². The van der Waals surface area contributed by atoms with E-state index in [4.69, 9.17) is 0 Å². The second-order valence-corrected chi connectivity index (χ2v) is 7.08. The summed E-state index contributed by atoms with van der Waals surface area (Å²) in [5, 5.41) is 9.06. The van der Waals surface area contributed by atoms with Gasteiger partial charge in [-0.2, -0.15) is 0 Å². The van der Waals surface area contributed by atoms with Crippen LogP contribution in [0.3, 0.4) is 0 Å². The lowest BCUT2D eigenvalue weighted by Crippen LogP contribution is -2.48. The number of anilines is 1. The first-order valence-electron chi connectivity index (χ1n) is 9.58.